The topological polar surface area (TPSA) is 125 Å². The van der Waals surface area contributed by atoms with Crippen LogP contribution >= 0.6 is 11.6 Å². The van der Waals surface area contributed by atoms with Crippen molar-refractivity contribution in [2.24, 2.45) is 17.8 Å². The zero-order valence-electron chi connectivity index (χ0n) is 55.7. The van der Waals surface area contributed by atoms with Gasteiger partial charge in [0.15, 0.2) is 20.4 Å². The third-order valence-corrected chi connectivity index (χ3v) is 16.8. The van der Waals surface area contributed by atoms with Gasteiger partial charge in [0.05, 0.1) is 0 Å². The molecule has 0 bridgehead atoms. The number of hydrogen-bond donors (Lipinski definition) is 3. The smallest absolute Gasteiger partial charge is 0.189 e. The van der Waals surface area contributed by atoms with Crippen molar-refractivity contribution in [1.29, 1.82) is 0 Å². The Morgan fingerprint density at radius 1 is 0.430 bits per heavy atom. The summed E-state index contributed by atoms with van der Waals surface area (Å²) in [5.41, 5.74) is 13.6. The quantitative estimate of drug-likeness (QED) is 0.0241. The van der Waals surface area contributed by atoms with Crippen molar-refractivity contribution >= 4 is 11.6 Å². The third-order valence-electron chi connectivity index (χ3n) is 16.7. The average Bonchev–Trinajstić information content (AvgIpc) is 1.57. The summed E-state index contributed by atoms with van der Waals surface area (Å²) >= 11 is 5.08. The maximum Gasteiger partial charge on any atom is 0.189 e. The number of unbranched alkanes of at least 4 members (excludes halogenated alkanes) is 6. The number of halogens is 1. The molecule has 3 N–H and O–H groups in total. The minimum Gasteiger partial charge on any atom is -0.507 e. The van der Waals surface area contributed by atoms with Gasteiger partial charge < -0.3 is 48.5 Å². The average molecular weight is 1210 g/mol. The van der Waals surface area contributed by atoms with E-state index < -0.39 is 0 Å². The summed E-state index contributed by atoms with van der Waals surface area (Å²) in [6, 6.07) is 12.4. The van der Waals surface area contributed by atoms with E-state index >= 15 is 0 Å². The number of aryl methyl sites for hydroxylation is 3. The van der Waals surface area contributed by atoms with Gasteiger partial charge in [-0.2, -0.15) is 0 Å². The Kier molecular flexibility index (Phi) is 36.8. The van der Waals surface area contributed by atoms with Crippen LogP contribution in [-0.2, 0) is 38.2 Å². The molecule has 86 heavy (non-hydrogen) atoms. The van der Waals surface area contributed by atoms with Crippen LogP contribution in [-0.4, -0.2) is 68.2 Å². The van der Waals surface area contributed by atoms with Crippen LogP contribution in [0.1, 0.15) is 237 Å². The molecule has 6 atom stereocenters. The van der Waals surface area contributed by atoms with Crippen LogP contribution in [0.15, 0.2) is 108 Å². The fourth-order valence-electron chi connectivity index (χ4n) is 11.9. The summed E-state index contributed by atoms with van der Waals surface area (Å²) in [5.74, 6) is 4.48. The minimum absolute atomic E-state index is 0.0194. The first-order valence-electron chi connectivity index (χ1n) is 32.6. The van der Waals surface area contributed by atoms with Crippen molar-refractivity contribution in [1.82, 2.24) is 0 Å². The van der Waals surface area contributed by atoms with Gasteiger partial charge in [-0.05, 0) is 217 Å². The zero-order valence-corrected chi connectivity index (χ0v) is 56.5. The van der Waals surface area contributed by atoms with Gasteiger partial charge in [0.2, 0.25) is 0 Å². The molecule has 0 aromatic heterocycles. The summed E-state index contributed by atoms with van der Waals surface area (Å²) in [4.78, 5) is 0. The van der Waals surface area contributed by atoms with E-state index in [4.69, 9.17) is 40.0 Å². The highest BCUT2D eigenvalue weighted by Gasteiger charge is 2.34. The Balaban J connectivity index is 0.000000327. The number of allylic oxidation sites excluding steroid dienone is 9. The van der Waals surface area contributed by atoms with Crippen LogP contribution < -0.4 is 14.2 Å². The highest BCUT2D eigenvalue weighted by molar-refractivity contribution is 6.17. The number of rotatable bonds is 32. The lowest BCUT2D eigenvalue weighted by Crippen LogP contribution is -2.20. The van der Waals surface area contributed by atoms with E-state index in [9.17, 15) is 15.3 Å². The molecule has 0 aliphatic heterocycles. The van der Waals surface area contributed by atoms with E-state index in [-0.39, 0.29) is 55.5 Å². The van der Waals surface area contributed by atoms with E-state index in [2.05, 4.69) is 116 Å². The van der Waals surface area contributed by atoms with Gasteiger partial charge in [-0.1, -0.05) is 142 Å². The molecule has 0 unspecified atom stereocenters. The summed E-state index contributed by atoms with van der Waals surface area (Å²) in [7, 11) is 0. The molecule has 3 aromatic rings. The predicted molar refractivity (Wildman–Crippen MR) is 360 cm³/mol. The van der Waals surface area contributed by atoms with Gasteiger partial charge in [-0.3, -0.25) is 0 Å². The molecule has 0 radical (unpaired) electrons. The summed E-state index contributed by atoms with van der Waals surface area (Å²) in [6.45, 7) is 43.0. The Bertz CT molecular complexity index is 2540. The van der Waals surface area contributed by atoms with Gasteiger partial charge in [-0.25, -0.2) is 0 Å². The maximum absolute atomic E-state index is 10.9. The lowest BCUT2D eigenvalue weighted by molar-refractivity contribution is 0.0165. The molecule has 0 amide bonds. The van der Waals surface area contributed by atoms with Gasteiger partial charge in [-0.15, -0.1) is 0 Å². The molecule has 0 fully saturated rings. The minimum atomic E-state index is 0.0194. The van der Waals surface area contributed by atoms with Crippen molar-refractivity contribution in [3.05, 3.63) is 141 Å². The second-order valence-electron chi connectivity index (χ2n) is 23.9. The van der Waals surface area contributed by atoms with E-state index in [1.807, 2.05) is 52.8 Å². The monoisotopic (exact) mass is 1210 g/mol. The molecule has 482 valence electrons. The molecular weight excluding hydrogens is 1100 g/mol. The largest absolute Gasteiger partial charge is 0.507 e. The number of alkyl halides is 1. The molecule has 3 aliphatic rings. The number of hydrogen-bond acceptors (Lipinski definition) is 10. The van der Waals surface area contributed by atoms with Crippen LogP contribution in [0.3, 0.4) is 0 Å². The first-order chi connectivity index (χ1) is 41.3. The van der Waals surface area contributed by atoms with Gasteiger partial charge >= 0.3 is 0 Å². The molecule has 0 saturated carbocycles. The Labute approximate surface area is 527 Å². The lowest BCUT2D eigenvalue weighted by Gasteiger charge is -2.33. The fourth-order valence-corrected chi connectivity index (χ4v) is 12.1. The molecule has 3 aromatic carbocycles. The van der Waals surface area contributed by atoms with E-state index in [1.165, 1.54) is 66.4 Å². The Morgan fingerprint density at radius 3 is 1.02 bits per heavy atom. The van der Waals surface area contributed by atoms with E-state index in [1.54, 1.807) is 0 Å². The van der Waals surface area contributed by atoms with Gasteiger partial charge in [0.1, 0.15) is 40.6 Å². The first kappa shape index (κ1) is 75.3. The number of phenolic OH excluding ortho intramolecular Hbond substituents is 3. The van der Waals surface area contributed by atoms with Gasteiger partial charge in [0.25, 0.3) is 0 Å². The highest BCUT2D eigenvalue weighted by Crippen LogP contribution is 2.50. The normalized spacial score (nSPS) is 19.0. The lowest BCUT2D eigenvalue weighted by atomic mass is 9.73. The van der Waals surface area contributed by atoms with Crippen LogP contribution in [0, 0.1) is 17.8 Å². The van der Waals surface area contributed by atoms with E-state index in [0.717, 1.165) is 128 Å². The Morgan fingerprint density at radius 2 is 0.721 bits per heavy atom. The SMILES string of the molecule is C=C(C)[C@@H]1CCC(C)=C[C@H]1c1c(O)cc(CCCCC)cc1O.C=C(C)[C@@H]1CCC(C)=C[C@H]1c1c(O)cc(CCCCC)cc1OCOCC.C=C(C)[C@@H]1CCC(C)=C[C@H]1c1c(OCOCC)cc(CCCCC)cc1OCOCC.CCOCCl. The zero-order chi connectivity index (χ0) is 63.6. The number of benzene rings is 3. The number of aromatic hydroxyl groups is 3. The second kappa shape index (κ2) is 42.0. The summed E-state index contributed by atoms with van der Waals surface area (Å²) < 4.78 is 39.4. The molecule has 0 spiro atoms. The molecular formula is C75H115ClO10. The summed E-state index contributed by atoms with van der Waals surface area (Å²) in [6.07, 6.45) is 26.6. The molecule has 11 heteroatoms. The summed E-state index contributed by atoms with van der Waals surface area (Å²) in [5, 5.41) is 32.0. The number of ether oxygens (including phenoxy) is 7. The van der Waals surface area contributed by atoms with Crippen molar-refractivity contribution < 1.29 is 48.5 Å². The van der Waals surface area contributed by atoms with Crippen molar-refractivity contribution in [2.45, 2.75) is 223 Å². The van der Waals surface area contributed by atoms with Crippen molar-refractivity contribution in [2.75, 3.05) is 52.9 Å². The molecule has 10 nitrogen and oxygen atoms in total. The van der Waals surface area contributed by atoms with E-state index in [0.29, 0.717) is 55.6 Å². The third kappa shape index (κ3) is 25.3. The van der Waals surface area contributed by atoms with Crippen LogP contribution in [0.25, 0.3) is 0 Å². The van der Waals surface area contributed by atoms with Crippen LogP contribution in [0.5, 0.6) is 34.5 Å². The fraction of sp³-hybridized carbons (Fsp3) is 0.600. The van der Waals surface area contributed by atoms with Crippen LogP contribution in [0.2, 0.25) is 0 Å². The Hall–Kier alpha value is -4.97. The highest BCUT2D eigenvalue weighted by atomic mass is 35.5. The second-order valence-corrected chi connectivity index (χ2v) is 24.1. The van der Waals surface area contributed by atoms with Crippen molar-refractivity contribution in [3.8, 4) is 34.5 Å². The molecule has 0 heterocycles. The number of phenols is 3. The molecule has 3 aliphatic carbocycles. The van der Waals surface area contributed by atoms with Gasteiger partial charge in [0, 0.05) is 60.9 Å². The first-order valence-corrected chi connectivity index (χ1v) is 33.2. The standard InChI is InChI=1S/C27H42O4.C24H36O3.C21H30O2.C3H7ClO/c1-7-10-11-12-22-16-25(30-18-28-8-2)27(26(17-22)31-19-29-9-3)24-15-21(6)13-14-23(24)20(4)5;1-6-8-9-10-19-14-22(25)24(23(15-19)27-16-26-7-2)21-13-18(5)11-12-20(21)17(3)4;1-5-6-7-8-16-12-19(22)21(20(23)13-16)18-11-15(4)9-10-17(18)14(2)3;1-2-5-3-4/h15-17,23-24H,4,7-14,18-19H2,1-3,5-6H3;13-15,20-21,25H,3,6-12,16H2,1-2,4-5H3;11-13,17-18,22-23H,2,5-10H2,1,3-4H3;2-3H2,1H3/t23-,24+;20-,21+;17-,18+;/m000./s1. The molecule has 6 rings (SSSR count). The van der Waals surface area contributed by atoms with Crippen molar-refractivity contribution in [3.63, 3.8) is 0 Å². The molecule has 0 saturated heterocycles. The predicted octanol–water partition coefficient (Wildman–Crippen LogP) is 20.8. The maximum atomic E-state index is 10.9. The van der Waals surface area contributed by atoms with Crippen LogP contribution in [0.4, 0.5) is 0 Å².